The van der Waals surface area contributed by atoms with Crippen molar-refractivity contribution < 1.29 is 14.1 Å². The van der Waals surface area contributed by atoms with E-state index in [2.05, 4.69) is 25.2 Å². The van der Waals surface area contributed by atoms with Crippen LogP contribution in [0.1, 0.15) is 43.9 Å². The topological polar surface area (TPSA) is 95.1 Å². The average molecular weight is 428 g/mol. The van der Waals surface area contributed by atoms with Gasteiger partial charge in [-0.05, 0) is 31.9 Å². The maximum Gasteiger partial charge on any atom is 0.236 e. The summed E-state index contributed by atoms with van der Waals surface area (Å²) in [5.74, 6) is 2.67. The summed E-state index contributed by atoms with van der Waals surface area (Å²) in [4.78, 5) is 12.4. The minimum atomic E-state index is -0.162. The Balaban J connectivity index is 1.58. The van der Waals surface area contributed by atoms with E-state index in [1.165, 1.54) is 31.0 Å². The zero-order valence-corrected chi connectivity index (χ0v) is 17.9. The molecule has 1 amide bonds. The van der Waals surface area contributed by atoms with Gasteiger partial charge in [-0.25, -0.2) is 0 Å². The number of carbonyl (C=O) groups is 1. The number of ether oxygens (including phenoxy) is 1. The van der Waals surface area contributed by atoms with Crippen molar-refractivity contribution >= 4 is 23.5 Å². The van der Waals surface area contributed by atoms with Gasteiger partial charge in [0.15, 0.2) is 16.8 Å². The quantitative estimate of drug-likeness (QED) is 0.555. The van der Waals surface area contributed by atoms with Crippen molar-refractivity contribution in [1.29, 1.82) is 0 Å². The van der Waals surface area contributed by atoms with Gasteiger partial charge in [0.25, 0.3) is 0 Å². The fourth-order valence-electron chi connectivity index (χ4n) is 3.79. The first-order valence-electron chi connectivity index (χ1n) is 10.1. The third-order valence-corrected chi connectivity index (χ3v) is 6.12. The number of carbonyl (C=O) groups excluding carboxylic acids is 1. The Hall–Kier alpha value is -2.81. The number of benzene rings is 1. The number of methoxy groups -OCH3 is 1. The molecule has 0 saturated heterocycles. The predicted molar refractivity (Wildman–Crippen MR) is 115 cm³/mol. The van der Waals surface area contributed by atoms with Gasteiger partial charge >= 0.3 is 0 Å². The largest absolute Gasteiger partial charge is 0.496 e. The minimum Gasteiger partial charge on any atom is -0.496 e. The van der Waals surface area contributed by atoms with Crippen molar-refractivity contribution in [3.8, 4) is 17.1 Å². The van der Waals surface area contributed by atoms with E-state index in [-0.39, 0.29) is 11.7 Å². The van der Waals surface area contributed by atoms with Crippen LogP contribution < -0.4 is 10.1 Å². The summed E-state index contributed by atoms with van der Waals surface area (Å²) in [5.41, 5.74) is 0.910. The van der Waals surface area contributed by atoms with Gasteiger partial charge in [0.05, 0.1) is 18.4 Å². The van der Waals surface area contributed by atoms with E-state index in [1.807, 2.05) is 24.3 Å². The van der Waals surface area contributed by atoms with E-state index < -0.39 is 0 Å². The first-order chi connectivity index (χ1) is 14.7. The number of hydrogen-bond donors (Lipinski definition) is 1. The number of hydrogen-bond acceptors (Lipinski definition) is 7. The Labute approximate surface area is 179 Å². The van der Waals surface area contributed by atoms with Crippen LogP contribution >= 0.6 is 11.8 Å². The van der Waals surface area contributed by atoms with Crippen molar-refractivity contribution in [2.24, 2.45) is 0 Å². The Morgan fingerprint density at radius 1 is 1.27 bits per heavy atom. The molecule has 1 aliphatic carbocycles. The van der Waals surface area contributed by atoms with Crippen LogP contribution in [0.5, 0.6) is 5.75 Å². The standard InChI is InChI=1S/C21H25N5O3S/c1-14-12-18(25-29-14)22-19(27)13-30-21-24-23-20(16-10-6-7-11-17(16)28-2)26(21)15-8-4-3-5-9-15/h6-7,10-12,15H,3-5,8-9,13H2,1-2H3,(H,22,25,27). The number of nitrogens with zero attached hydrogens (tertiary/aromatic N) is 4. The molecular formula is C21H25N5O3S. The third kappa shape index (κ3) is 4.51. The van der Waals surface area contributed by atoms with Crippen LogP contribution in [-0.4, -0.2) is 38.7 Å². The van der Waals surface area contributed by atoms with Crippen molar-refractivity contribution in [3.63, 3.8) is 0 Å². The number of aromatic nitrogens is 4. The molecule has 158 valence electrons. The maximum absolute atomic E-state index is 12.4. The Morgan fingerprint density at radius 2 is 2.07 bits per heavy atom. The second-order valence-electron chi connectivity index (χ2n) is 7.33. The van der Waals surface area contributed by atoms with E-state index in [9.17, 15) is 4.79 Å². The van der Waals surface area contributed by atoms with Gasteiger partial charge < -0.3 is 14.6 Å². The molecule has 1 fully saturated rings. The molecule has 1 saturated carbocycles. The number of anilines is 1. The van der Waals surface area contributed by atoms with E-state index in [4.69, 9.17) is 9.26 Å². The molecule has 0 spiro atoms. The van der Waals surface area contributed by atoms with Crippen LogP contribution in [0.25, 0.3) is 11.4 Å². The van der Waals surface area contributed by atoms with Crippen LogP contribution in [0, 0.1) is 6.92 Å². The monoisotopic (exact) mass is 427 g/mol. The average Bonchev–Trinajstić information content (AvgIpc) is 3.38. The number of nitrogens with one attached hydrogen (secondary N) is 1. The minimum absolute atomic E-state index is 0.162. The highest BCUT2D eigenvalue weighted by Gasteiger charge is 2.25. The van der Waals surface area contributed by atoms with E-state index in [1.54, 1.807) is 20.1 Å². The molecule has 2 heterocycles. The zero-order valence-electron chi connectivity index (χ0n) is 17.1. The van der Waals surface area contributed by atoms with Gasteiger partial charge in [-0.15, -0.1) is 10.2 Å². The first-order valence-corrected chi connectivity index (χ1v) is 11.1. The summed E-state index contributed by atoms with van der Waals surface area (Å²) < 4.78 is 12.7. The molecule has 2 aromatic heterocycles. The molecule has 3 aromatic rings. The van der Waals surface area contributed by atoms with Gasteiger partial charge in [-0.3, -0.25) is 9.36 Å². The maximum atomic E-state index is 12.4. The molecule has 0 aliphatic heterocycles. The molecule has 4 rings (SSSR count). The normalized spacial score (nSPS) is 14.6. The second kappa shape index (κ2) is 9.34. The van der Waals surface area contributed by atoms with Crippen molar-refractivity contribution in [2.45, 2.75) is 50.2 Å². The van der Waals surface area contributed by atoms with Crippen molar-refractivity contribution in [3.05, 3.63) is 36.1 Å². The lowest BCUT2D eigenvalue weighted by Crippen LogP contribution is -2.17. The summed E-state index contributed by atoms with van der Waals surface area (Å²) in [6, 6.07) is 9.84. The zero-order chi connectivity index (χ0) is 20.9. The molecule has 0 unspecified atom stereocenters. The SMILES string of the molecule is COc1ccccc1-c1nnc(SCC(=O)Nc2cc(C)on2)n1C1CCCCC1. The third-order valence-electron chi connectivity index (χ3n) is 5.18. The summed E-state index contributed by atoms with van der Waals surface area (Å²) in [6.45, 7) is 1.78. The molecular weight excluding hydrogens is 402 g/mol. The molecule has 1 N–H and O–H groups in total. The fourth-order valence-corrected chi connectivity index (χ4v) is 4.60. The van der Waals surface area contributed by atoms with Crippen LogP contribution in [0.15, 0.2) is 40.0 Å². The molecule has 0 atom stereocenters. The number of amides is 1. The summed E-state index contributed by atoms with van der Waals surface area (Å²) >= 11 is 1.38. The lowest BCUT2D eigenvalue weighted by molar-refractivity contribution is -0.113. The van der Waals surface area contributed by atoms with E-state index in [0.29, 0.717) is 17.6 Å². The Bertz CT molecular complexity index is 1010. The smallest absolute Gasteiger partial charge is 0.236 e. The summed E-state index contributed by atoms with van der Waals surface area (Å²) in [6.07, 6.45) is 5.79. The molecule has 30 heavy (non-hydrogen) atoms. The molecule has 0 radical (unpaired) electrons. The van der Waals surface area contributed by atoms with E-state index >= 15 is 0 Å². The summed E-state index contributed by atoms with van der Waals surface area (Å²) in [5, 5.41) is 16.2. The van der Waals surface area contributed by atoms with Gasteiger partial charge in [-0.1, -0.05) is 48.3 Å². The van der Waals surface area contributed by atoms with Crippen LogP contribution in [0.2, 0.25) is 0 Å². The molecule has 8 nitrogen and oxygen atoms in total. The number of para-hydroxylation sites is 1. The van der Waals surface area contributed by atoms with Crippen molar-refractivity contribution in [1.82, 2.24) is 19.9 Å². The van der Waals surface area contributed by atoms with Gasteiger partial charge in [0.2, 0.25) is 5.91 Å². The van der Waals surface area contributed by atoms with Gasteiger partial charge in [0.1, 0.15) is 11.5 Å². The highest BCUT2D eigenvalue weighted by atomic mass is 32.2. The van der Waals surface area contributed by atoms with Crippen molar-refractivity contribution in [2.75, 3.05) is 18.2 Å². The molecule has 0 bridgehead atoms. The molecule has 1 aromatic carbocycles. The number of thioether (sulfide) groups is 1. The van der Waals surface area contributed by atoms with Gasteiger partial charge in [0, 0.05) is 12.1 Å². The fraction of sp³-hybridized carbons (Fsp3) is 0.429. The van der Waals surface area contributed by atoms with Gasteiger partial charge in [-0.2, -0.15) is 0 Å². The van der Waals surface area contributed by atoms with Crippen LogP contribution in [-0.2, 0) is 4.79 Å². The molecule has 9 heteroatoms. The van der Waals surface area contributed by atoms with E-state index in [0.717, 1.165) is 35.1 Å². The predicted octanol–water partition coefficient (Wildman–Crippen LogP) is 4.49. The number of rotatable bonds is 7. The second-order valence-corrected chi connectivity index (χ2v) is 8.27. The lowest BCUT2D eigenvalue weighted by atomic mass is 9.95. The number of aryl methyl sites for hydroxylation is 1. The highest BCUT2D eigenvalue weighted by molar-refractivity contribution is 7.99. The molecule has 1 aliphatic rings. The Morgan fingerprint density at radius 3 is 2.80 bits per heavy atom. The van der Waals surface area contributed by atoms with Crippen LogP contribution in [0.4, 0.5) is 5.82 Å². The lowest BCUT2D eigenvalue weighted by Gasteiger charge is -2.26. The summed E-state index contributed by atoms with van der Waals surface area (Å²) in [7, 11) is 1.66. The first kappa shape index (κ1) is 20.5. The Kier molecular flexibility index (Phi) is 6.37. The highest BCUT2D eigenvalue weighted by Crippen LogP contribution is 2.38. The van der Waals surface area contributed by atoms with Crippen LogP contribution in [0.3, 0.4) is 0 Å².